The van der Waals surface area contributed by atoms with Gasteiger partial charge in [-0.15, -0.1) is 0 Å². The third kappa shape index (κ3) is 28.2. The minimum atomic E-state index is 0.403. The van der Waals surface area contributed by atoms with Crippen LogP contribution in [0.2, 0.25) is 0 Å². The van der Waals surface area contributed by atoms with Crippen LogP contribution in [0, 0.1) is 57.3 Å². The van der Waals surface area contributed by atoms with Gasteiger partial charge in [0.25, 0.3) is 17.7 Å². The zero-order valence-electron chi connectivity index (χ0n) is 75.4. The third-order valence-corrected chi connectivity index (χ3v) is 27.2. The summed E-state index contributed by atoms with van der Waals surface area (Å²) in [5.74, 6) is 9.50. The van der Waals surface area contributed by atoms with Gasteiger partial charge in [-0.2, -0.15) is 15.0 Å². The number of nitrogens with one attached hydrogen (secondary N) is 5. The van der Waals surface area contributed by atoms with E-state index in [2.05, 4.69) is 156 Å². The molecule has 19 heteroatoms. The van der Waals surface area contributed by atoms with Crippen LogP contribution in [-0.2, 0) is 32.1 Å². The van der Waals surface area contributed by atoms with Crippen LogP contribution >= 0.6 is 0 Å². The van der Waals surface area contributed by atoms with Crippen molar-refractivity contribution >= 4 is 28.4 Å². The van der Waals surface area contributed by atoms with Gasteiger partial charge in [-0.3, -0.25) is 9.97 Å². The largest absolute Gasteiger partial charge is 0.495 e. The maximum absolute atomic E-state index is 5.61. The molecular weight excluding hydrogens is 1500 g/mol. The van der Waals surface area contributed by atoms with Crippen molar-refractivity contribution in [1.29, 1.82) is 0 Å². The normalized spacial score (nSPS) is 18.3. The molecule has 0 bridgehead atoms. The van der Waals surface area contributed by atoms with E-state index in [-0.39, 0.29) is 0 Å². The molecule has 9 aromatic rings. The summed E-state index contributed by atoms with van der Waals surface area (Å²) in [4.78, 5) is 27.2. The predicted molar refractivity (Wildman–Crippen MR) is 494 cm³/mol. The van der Waals surface area contributed by atoms with Crippen LogP contribution in [-0.4, -0.2) is 82.7 Å². The van der Waals surface area contributed by atoms with Crippen molar-refractivity contribution in [3.05, 3.63) is 137 Å². The SMILES string of the molecule is CCC(CC)Nc1cc(-c2nc(C)no2)ccc1CC1CCCCC1.COc1cnc(CC2CCCCC2)c(NC2CCCCC2)c1.Cc1coc(-c2cnc(CC3CCCCC3)c(NC3CCCCC3)c2)n1.Cc1noc(-c2ccc(CC3CCCCC3)c(NC(C)C)c2)n1.Cc1noc(-c2ccc(CC3CCCCC3)c(NC3CCCC3)c2)n1. The van der Waals surface area contributed by atoms with Gasteiger partial charge in [-0.25, -0.2) is 4.98 Å². The van der Waals surface area contributed by atoms with Crippen LogP contribution in [0.4, 0.5) is 28.4 Å². The van der Waals surface area contributed by atoms with Crippen molar-refractivity contribution in [2.45, 2.75) is 381 Å². The van der Waals surface area contributed by atoms with E-state index in [0.717, 1.165) is 95.4 Å². The molecule has 0 unspecified atom stereocenters. The van der Waals surface area contributed by atoms with E-state index in [4.69, 9.17) is 32.7 Å². The Bertz CT molecular complexity index is 4380. The number of nitrogens with zero attached hydrogens (tertiary/aromatic N) is 9. The Morgan fingerprint density at radius 2 is 0.686 bits per heavy atom. The zero-order chi connectivity index (χ0) is 83.9. The molecule has 656 valence electrons. The van der Waals surface area contributed by atoms with Gasteiger partial charge in [0.05, 0.1) is 47.3 Å². The Morgan fingerprint density at radius 3 is 1.04 bits per heavy atom. The lowest BCUT2D eigenvalue weighted by atomic mass is 9.84. The average Bonchev–Trinajstić information content (AvgIpc) is 1.70. The molecule has 0 saturated heterocycles. The number of benzene rings is 3. The highest BCUT2D eigenvalue weighted by Crippen LogP contribution is 2.40. The molecular formula is C102H148N14O5. The number of ether oxygens (including phenoxy) is 1. The number of hydrogen-bond acceptors (Lipinski definition) is 19. The summed E-state index contributed by atoms with van der Waals surface area (Å²) in [6.07, 6.45) is 66.7. The molecule has 8 fully saturated rings. The van der Waals surface area contributed by atoms with Crippen LogP contribution in [0.5, 0.6) is 5.75 Å². The van der Waals surface area contributed by atoms with E-state index in [1.54, 1.807) is 13.4 Å². The van der Waals surface area contributed by atoms with Crippen molar-refractivity contribution in [2.75, 3.05) is 33.7 Å². The summed E-state index contributed by atoms with van der Waals surface area (Å²) in [5, 5.41) is 30.5. The molecule has 5 N–H and O–H groups in total. The Balaban J connectivity index is 0.000000131. The minimum Gasteiger partial charge on any atom is -0.495 e. The summed E-state index contributed by atoms with van der Waals surface area (Å²) in [6, 6.07) is 26.8. The molecule has 0 atom stereocenters. The molecule has 0 aliphatic heterocycles. The van der Waals surface area contributed by atoms with E-state index in [1.807, 2.05) is 40.1 Å². The highest BCUT2D eigenvalue weighted by molar-refractivity contribution is 5.68. The average molecular weight is 1650 g/mol. The fraction of sp³-hybridized carbons (Fsp3) is 0.637. The number of oxazole rings is 1. The van der Waals surface area contributed by atoms with Crippen LogP contribution in [0.3, 0.4) is 0 Å². The van der Waals surface area contributed by atoms with E-state index in [0.29, 0.717) is 71.2 Å². The lowest BCUT2D eigenvalue weighted by Crippen LogP contribution is -2.23. The Kier molecular flexibility index (Phi) is 35.2. The van der Waals surface area contributed by atoms with Gasteiger partial charge in [0.15, 0.2) is 17.5 Å². The molecule has 0 radical (unpaired) electrons. The molecule has 8 aliphatic carbocycles. The quantitative estimate of drug-likeness (QED) is 0.0322. The first-order valence-electron chi connectivity index (χ1n) is 48.3. The second-order valence-electron chi connectivity index (χ2n) is 37.5. The molecule has 0 amide bonds. The first-order valence-corrected chi connectivity index (χ1v) is 48.3. The smallest absolute Gasteiger partial charge is 0.257 e. The lowest BCUT2D eigenvalue weighted by molar-refractivity contribution is 0.354. The van der Waals surface area contributed by atoms with Gasteiger partial charge in [-0.1, -0.05) is 259 Å². The summed E-state index contributed by atoms with van der Waals surface area (Å²) in [6.45, 7) is 16.4. The van der Waals surface area contributed by atoms with Gasteiger partial charge in [0, 0.05) is 76.2 Å². The lowest BCUT2D eigenvalue weighted by Gasteiger charge is -2.27. The summed E-state index contributed by atoms with van der Waals surface area (Å²) < 4.78 is 27.0. The highest BCUT2D eigenvalue weighted by atomic mass is 16.5. The Morgan fingerprint density at radius 1 is 0.355 bits per heavy atom. The molecule has 8 saturated carbocycles. The zero-order valence-corrected chi connectivity index (χ0v) is 75.4. The Labute approximate surface area is 724 Å². The number of pyridine rings is 2. The van der Waals surface area contributed by atoms with Gasteiger partial charge >= 0.3 is 0 Å². The first kappa shape index (κ1) is 90.1. The molecule has 121 heavy (non-hydrogen) atoms. The molecule has 6 heterocycles. The van der Waals surface area contributed by atoms with Crippen molar-refractivity contribution < 1.29 is 22.7 Å². The van der Waals surface area contributed by atoms with E-state index in [9.17, 15) is 0 Å². The number of methoxy groups -OCH3 is 1. The summed E-state index contributed by atoms with van der Waals surface area (Å²) >= 11 is 0. The highest BCUT2D eigenvalue weighted by Gasteiger charge is 2.27. The van der Waals surface area contributed by atoms with Crippen LogP contribution in [0.15, 0.2) is 103 Å². The molecule has 19 nitrogen and oxygen atoms in total. The second kappa shape index (κ2) is 47.3. The van der Waals surface area contributed by atoms with Crippen molar-refractivity contribution in [2.24, 2.45) is 29.6 Å². The minimum absolute atomic E-state index is 0.403. The molecule has 0 spiro atoms. The van der Waals surface area contributed by atoms with E-state index in [1.165, 1.54) is 320 Å². The van der Waals surface area contributed by atoms with Gasteiger partial charge in [0.2, 0.25) is 5.89 Å². The fourth-order valence-electron chi connectivity index (χ4n) is 20.2. The third-order valence-electron chi connectivity index (χ3n) is 27.2. The van der Waals surface area contributed by atoms with Crippen LogP contribution < -0.4 is 31.3 Å². The number of aryl methyl sites for hydroxylation is 4. The van der Waals surface area contributed by atoms with Gasteiger partial charge in [0.1, 0.15) is 12.0 Å². The topological polar surface area (TPSA) is 238 Å². The number of aromatic nitrogens is 9. The summed E-state index contributed by atoms with van der Waals surface area (Å²) in [7, 11) is 1.72. The predicted octanol–water partition coefficient (Wildman–Crippen LogP) is 27.1. The molecule has 17 rings (SSSR count). The number of hydrogen-bond donors (Lipinski definition) is 5. The summed E-state index contributed by atoms with van der Waals surface area (Å²) in [5.41, 5.74) is 17.8. The maximum Gasteiger partial charge on any atom is 0.257 e. The van der Waals surface area contributed by atoms with Gasteiger partial charge < -0.3 is 49.3 Å². The van der Waals surface area contributed by atoms with Crippen molar-refractivity contribution in [3.8, 4) is 51.6 Å². The molecule has 6 aromatic heterocycles. The van der Waals surface area contributed by atoms with E-state index >= 15 is 0 Å². The van der Waals surface area contributed by atoms with Gasteiger partial charge in [-0.05, 0) is 214 Å². The van der Waals surface area contributed by atoms with Crippen LogP contribution in [0.1, 0.15) is 342 Å². The van der Waals surface area contributed by atoms with E-state index < -0.39 is 0 Å². The maximum atomic E-state index is 5.61. The molecule has 8 aliphatic rings. The van der Waals surface area contributed by atoms with Crippen molar-refractivity contribution in [1.82, 2.24) is 45.4 Å². The first-order chi connectivity index (χ1) is 59.2. The monoisotopic (exact) mass is 1650 g/mol. The fourth-order valence-corrected chi connectivity index (χ4v) is 20.2. The standard InChI is InChI=1S/C22H31N3O.C21H29N3O.C21H31N3O.C19H27N3O.C19H30N2O/c1-16-15-26-22(24-16)18-13-21(25-19-10-6-3-7-11-19)20(23-14-18)12-17-8-4-2-5-9-17;1-15-22-21(25-24-15)18-12-11-17(13-16-7-3-2-4-8-16)20(14-18)23-19-9-5-6-10-19;1-4-19(5-2)23-20-14-18(21-22-15(3)24-25-21)12-11-17(20)13-16-9-7-6-8-10-16;1-13(2)20-18-12-17(19-21-14(3)22-23-19)10-9-16(18)11-15-7-5-4-6-8-15;1-22-17-13-19(21-16-10-6-3-7-11-16)18(20-14-17)12-15-8-4-2-5-9-15/h13-15,17,19,25H,2-12H2,1H3;11-12,14,16,19,23H,2-10,13H2,1H3;11-12,14,16,19,23H,4-10,13H2,1-3H3;9-10,12-13,15,20H,4-8,11H2,1-3H3;13-16,21H,2-12H2,1H3. The molecule has 3 aromatic carbocycles. The number of anilines is 5. The second-order valence-corrected chi connectivity index (χ2v) is 37.5. The van der Waals surface area contributed by atoms with Crippen molar-refractivity contribution in [3.63, 3.8) is 0 Å². The Hall–Kier alpha value is -8.61. The van der Waals surface area contributed by atoms with Crippen LogP contribution in [0.25, 0.3) is 45.8 Å². The number of rotatable bonds is 27.